The van der Waals surface area contributed by atoms with Gasteiger partial charge in [-0.15, -0.1) is 0 Å². The average molecular weight is 281 g/mol. The van der Waals surface area contributed by atoms with Crippen LogP contribution in [0.4, 0.5) is 13.2 Å². The number of ether oxygens (including phenoxy) is 1. The minimum absolute atomic E-state index is 0.149. The molecule has 0 aliphatic rings. The highest BCUT2D eigenvalue weighted by atomic mass is 19.4. The quantitative estimate of drug-likeness (QED) is 0.670. The molecule has 1 aromatic carbocycles. The summed E-state index contributed by atoms with van der Waals surface area (Å²) in [4.78, 5) is 3.82. The van der Waals surface area contributed by atoms with Gasteiger partial charge in [-0.25, -0.2) is 0 Å². The first kappa shape index (κ1) is 13.9. The van der Waals surface area contributed by atoms with E-state index in [2.05, 4.69) is 4.98 Å². The van der Waals surface area contributed by atoms with Crippen molar-refractivity contribution < 1.29 is 17.9 Å². The Hall–Kier alpha value is -2.57. The summed E-state index contributed by atoms with van der Waals surface area (Å²) in [5.74, 6) is -0.146. The van der Waals surface area contributed by atoms with Gasteiger partial charge in [0.1, 0.15) is 17.3 Å². The Kier molecular flexibility index (Phi) is 3.60. The molecule has 20 heavy (non-hydrogen) atoms. The van der Waals surface area contributed by atoms with E-state index in [9.17, 15) is 13.2 Å². The van der Waals surface area contributed by atoms with E-state index in [1.165, 1.54) is 12.3 Å². The Bertz CT molecular complexity index is 627. The minimum atomic E-state index is -4.58. The van der Waals surface area contributed by atoms with E-state index in [-0.39, 0.29) is 5.75 Å². The second kappa shape index (κ2) is 5.20. The van der Waals surface area contributed by atoms with Gasteiger partial charge in [0.15, 0.2) is 0 Å². The zero-order chi connectivity index (χ0) is 14.8. The van der Waals surface area contributed by atoms with Crippen molar-refractivity contribution >= 4 is 5.84 Å². The van der Waals surface area contributed by atoms with E-state index in [4.69, 9.17) is 15.9 Å². The van der Waals surface area contributed by atoms with Crippen molar-refractivity contribution in [2.75, 3.05) is 0 Å². The summed E-state index contributed by atoms with van der Waals surface area (Å²) < 4.78 is 43.6. The number of rotatable bonds is 3. The number of nitrogen functional groups attached to an aromatic ring is 1. The lowest BCUT2D eigenvalue weighted by molar-refractivity contribution is -0.137. The summed E-state index contributed by atoms with van der Waals surface area (Å²) in [6.45, 7) is 0. The molecule has 0 saturated heterocycles. The van der Waals surface area contributed by atoms with Crippen molar-refractivity contribution in [3.05, 3.63) is 53.9 Å². The number of hydrogen-bond donors (Lipinski definition) is 2. The van der Waals surface area contributed by atoms with E-state index in [1.54, 1.807) is 18.3 Å². The number of nitrogens with one attached hydrogen (secondary N) is 1. The van der Waals surface area contributed by atoms with Crippen LogP contribution in [0, 0.1) is 5.41 Å². The highest BCUT2D eigenvalue weighted by Gasteiger charge is 2.34. The third kappa shape index (κ3) is 3.05. The van der Waals surface area contributed by atoms with Gasteiger partial charge in [0, 0.05) is 11.8 Å². The number of hydrogen-bond acceptors (Lipinski definition) is 3. The van der Waals surface area contributed by atoms with Crippen LogP contribution in [0.3, 0.4) is 0 Å². The summed E-state index contributed by atoms with van der Waals surface area (Å²) in [5.41, 5.74) is 3.80. The predicted octanol–water partition coefficient (Wildman–Crippen LogP) is 3.18. The number of halogens is 3. The van der Waals surface area contributed by atoms with Crippen molar-refractivity contribution in [3.63, 3.8) is 0 Å². The first-order valence-corrected chi connectivity index (χ1v) is 5.51. The molecule has 0 radical (unpaired) electrons. The molecular formula is C13H10F3N3O. The number of nitrogens with zero attached hydrogens (tertiary/aromatic N) is 1. The molecule has 3 N–H and O–H groups in total. The number of benzene rings is 1. The van der Waals surface area contributed by atoms with Gasteiger partial charge in [0.05, 0.1) is 11.8 Å². The summed E-state index contributed by atoms with van der Waals surface area (Å²) in [6, 6.07) is 6.33. The lowest BCUT2D eigenvalue weighted by atomic mass is 10.1. The normalized spacial score (nSPS) is 11.2. The molecule has 104 valence electrons. The molecule has 0 aliphatic carbocycles. The fraction of sp³-hybridized carbons (Fsp3) is 0.0769. The van der Waals surface area contributed by atoms with Gasteiger partial charge in [0.25, 0.3) is 0 Å². The van der Waals surface area contributed by atoms with Crippen LogP contribution in [0.15, 0.2) is 42.7 Å². The molecule has 0 spiro atoms. The molecule has 1 aromatic heterocycles. The topological polar surface area (TPSA) is 72.0 Å². The van der Waals surface area contributed by atoms with Gasteiger partial charge in [-0.05, 0) is 30.3 Å². The van der Waals surface area contributed by atoms with E-state index >= 15 is 0 Å². The second-order valence-electron chi connectivity index (χ2n) is 3.91. The molecule has 0 saturated carbocycles. The smallest absolute Gasteiger partial charge is 0.417 e. The number of alkyl halides is 3. The third-order valence-electron chi connectivity index (χ3n) is 2.46. The maximum atomic E-state index is 12.8. The molecule has 4 nitrogen and oxygen atoms in total. The number of amidine groups is 1. The standard InChI is InChI=1S/C13H10F3N3O/c14-13(15,16)11-4-3-8(6-10(11)12(17)18)20-9-2-1-5-19-7-9/h1-7H,(H3,17,18). The molecule has 0 fully saturated rings. The fourth-order valence-corrected chi connectivity index (χ4v) is 1.60. The zero-order valence-corrected chi connectivity index (χ0v) is 10.1. The van der Waals surface area contributed by atoms with Gasteiger partial charge < -0.3 is 10.5 Å². The molecular weight excluding hydrogens is 271 g/mol. The van der Waals surface area contributed by atoms with Gasteiger partial charge in [-0.1, -0.05) is 0 Å². The molecule has 0 bridgehead atoms. The van der Waals surface area contributed by atoms with Crippen LogP contribution in [0.5, 0.6) is 11.5 Å². The lowest BCUT2D eigenvalue weighted by Crippen LogP contribution is -2.18. The number of pyridine rings is 1. The highest BCUT2D eigenvalue weighted by Crippen LogP contribution is 2.34. The van der Waals surface area contributed by atoms with Crippen LogP contribution < -0.4 is 10.5 Å². The Morgan fingerprint density at radius 2 is 1.95 bits per heavy atom. The molecule has 0 amide bonds. The SMILES string of the molecule is N=C(N)c1cc(Oc2cccnc2)ccc1C(F)(F)F. The van der Waals surface area contributed by atoms with Crippen LogP contribution in [0.1, 0.15) is 11.1 Å². The largest absolute Gasteiger partial charge is 0.456 e. The number of aromatic nitrogens is 1. The summed E-state index contributed by atoms with van der Waals surface area (Å²) in [5, 5.41) is 7.24. The molecule has 0 aliphatic heterocycles. The Morgan fingerprint density at radius 1 is 1.20 bits per heavy atom. The molecule has 0 atom stereocenters. The van der Waals surface area contributed by atoms with Gasteiger partial charge in [-0.3, -0.25) is 10.4 Å². The van der Waals surface area contributed by atoms with Crippen molar-refractivity contribution in [2.45, 2.75) is 6.18 Å². The summed E-state index contributed by atoms with van der Waals surface area (Å²) in [6.07, 6.45) is -1.61. The first-order chi connectivity index (χ1) is 9.38. The third-order valence-corrected chi connectivity index (χ3v) is 2.46. The molecule has 1 heterocycles. The van der Waals surface area contributed by atoms with E-state index in [1.807, 2.05) is 0 Å². The van der Waals surface area contributed by atoms with Crippen molar-refractivity contribution in [1.29, 1.82) is 5.41 Å². The maximum absolute atomic E-state index is 12.8. The molecule has 2 aromatic rings. The predicted molar refractivity (Wildman–Crippen MR) is 66.8 cm³/mol. The van der Waals surface area contributed by atoms with Crippen LogP contribution in [-0.2, 0) is 6.18 Å². The van der Waals surface area contributed by atoms with Crippen LogP contribution in [-0.4, -0.2) is 10.8 Å². The number of nitrogens with two attached hydrogens (primary N) is 1. The van der Waals surface area contributed by atoms with E-state index in [0.29, 0.717) is 5.75 Å². The van der Waals surface area contributed by atoms with Gasteiger partial charge in [0.2, 0.25) is 0 Å². The summed E-state index contributed by atoms with van der Waals surface area (Å²) >= 11 is 0. The Balaban J connectivity index is 2.38. The molecule has 0 unspecified atom stereocenters. The molecule has 7 heteroatoms. The zero-order valence-electron chi connectivity index (χ0n) is 10.1. The first-order valence-electron chi connectivity index (χ1n) is 5.51. The minimum Gasteiger partial charge on any atom is -0.456 e. The second-order valence-corrected chi connectivity index (χ2v) is 3.91. The highest BCUT2D eigenvalue weighted by molar-refractivity contribution is 5.97. The van der Waals surface area contributed by atoms with E-state index in [0.717, 1.165) is 12.1 Å². The van der Waals surface area contributed by atoms with Crippen molar-refractivity contribution in [1.82, 2.24) is 4.98 Å². The van der Waals surface area contributed by atoms with Crippen molar-refractivity contribution in [3.8, 4) is 11.5 Å². The van der Waals surface area contributed by atoms with Gasteiger partial charge in [-0.2, -0.15) is 13.2 Å². The fourth-order valence-electron chi connectivity index (χ4n) is 1.60. The van der Waals surface area contributed by atoms with Crippen LogP contribution >= 0.6 is 0 Å². The van der Waals surface area contributed by atoms with Gasteiger partial charge >= 0.3 is 6.18 Å². The monoisotopic (exact) mass is 281 g/mol. The Labute approximate surface area is 112 Å². The average Bonchev–Trinajstić information content (AvgIpc) is 2.38. The lowest BCUT2D eigenvalue weighted by Gasteiger charge is -2.13. The van der Waals surface area contributed by atoms with E-state index < -0.39 is 23.1 Å². The van der Waals surface area contributed by atoms with Crippen molar-refractivity contribution in [2.24, 2.45) is 5.73 Å². The summed E-state index contributed by atoms with van der Waals surface area (Å²) in [7, 11) is 0. The Morgan fingerprint density at radius 3 is 2.50 bits per heavy atom. The van der Waals surface area contributed by atoms with Crippen LogP contribution in [0.2, 0.25) is 0 Å². The van der Waals surface area contributed by atoms with Crippen LogP contribution in [0.25, 0.3) is 0 Å². The molecule has 2 rings (SSSR count). The maximum Gasteiger partial charge on any atom is 0.417 e.